The first-order valence-corrected chi connectivity index (χ1v) is 9.74. The van der Waals surface area contributed by atoms with Gasteiger partial charge in [-0.3, -0.25) is 14.2 Å². The Kier molecular flexibility index (Phi) is 4.78. The third kappa shape index (κ3) is 3.68. The molecule has 0 bridgehead atoms. The van der Waals surface area contributed by atoms with E-state index in [1.54, 1.807) is 29.4 Å². The second kappa shape index (κ2) is 6.54. The first-order chi connectivity index (χ1) is 11.2. The van der Waals surface area contributed by atoms with E-state index < -0.39 is 0 Å². The minimum Gasteiger partial charge on any atom is -0.353 e. The van der Waals surface area contributed by atoms with Crippen molar-refractivity contribution in [3.63, 3.8) is 0 Å². The van der Waals surface area contributed by atoms with Gasteiger partial charge in [-0.05, 0) is 37.5 Å². The normalized spacial score (nSPS) is 28.4. The molecule has 6 heteroatoms. The van der Waals surface area contributed by atoms with Gasteiger partial charge in [-0.1, -0.05) is 32.5 Å². The summed E-state index contributed by atoms with van der Waals surface area (Å²) in [4.78, 5) is 29.2. The molecule has 2 aliphatic rings. The second-order valence-corrected chi connectivity index (χ2v) is 9.23. The molecule has 0 aromatic carbocycles. The third-order valence-electron chi connectivity index (χ3n) is 5.07. The van der Waals surface area contributed by atoms with Crippen LogP contribution in [0.3, 0.4) is 0 Å². The monoisotopic (exact) mass is 349 g/mol. The molecule has 3 unspecified atom stereocenters. The van der Waals surface area contributed by atoms with Gasteiger partial charge in [0.2, 0.25) is 5.91 Å². The van der Waals surface area contributed by atoms with E-state index in [1.807, 2.05) is 0 Å². The average Bonchev–Trinajstić information content (AvgIpc) is 2.84. The molecule has 24 heavy (non-hydrogen) atoms. The number of fused-ring (bicyclic) bond motifs is 1. The highest BCUT2D eigenvalue weighted by atomic mass is 32.2. The number of carbonyl (C=O) groups excluding carboxylic acids is 1. The quantitative estimate of drug-likeness (QED) is 0.852. The summed E-state index contributed by atoms with van der Waals surface area (Å²) in [7, 11) is 0. The zero-order valence-electron chi connectivity index (χ0n) is 15.0. The number of nitrogens with zero attached hydrogens (tertiary/aromatic N) is 2. The lowest BCUT2D eigenvalue weighted by Gasteiger charge is -2.39. The number of aromatic nitrogens is 2. The van der Waals surface area contributed by atoms with Gasteiger partial charge in [-0.15, -0.1) is 0 Å². The van der Waals surface area contributed by atoms with Crippen LogP contribution in [0.25, 0.3) is 0 Å². The van der Waals surface area contributed by atoms with Crippen molar-refractivity contribution in [1.29, 1.82) is 0 Å². The summed E-state index contributed by atoms with van der Waals surface area (Å²) in [6.45, 7) is 8.59. The Morgan fingerprint density at radius 2 is 2.21 bits per heavy atom. The molecular formula is C18H27N3O2S. The molecule has 1 fully saturated rings. The number of amides is 1. The van der Waals surface area contributed by atoms with Gasteiger partial charge < -0.3 is 5.32 Å². The van der Waals surface area contributed by atoms with Gasteiger partial charge in [-0.25, -0.2) is 4.98 Å². The highest BCUT2D eigenvalue weighted by molar-refractivity contribution is 7.99. The Balaban J connectivity index is 1.65. The van der Waals surface area contributed by atoms with Crippen LogP contribution in [0.2, 0.25) is 0 Å². The van der Waals surface area contributed by atoms with Gasteiger partial charge >= 0.3 is 0 Å². The summed E-state index contributed by atoms with van der Waals surface area (Å²) in [6.07, 6.45) is 5.27. The molecule has 3 rings (SSSR count). The maximum absolute atomic E-state index is 12.5. The smallest absolute Gasteiger partial charge is 0.257 e. The van der Waals surface area contributed by atoms with Crippen LogP contribution in [-0.2, 0) is 4.79 Å². The molecule has 1 N–H and O–H groups in total. The number of carbonyl (C=O) groups is 1. The van der Waals surface area contributed by atoms with E-state index in [0.29, 0.717) is 17.9 Å². The Bertz CT molecular complexity index is 698. The number of nitrogens with one attached hydrogen (secondary N) is 1. The van der Waals surface area contributed by atoms with Gasteiger partial charge in [0.05, 0.1) is 6.04 Å². The summed E-state index contributed by atoms with van der Waals surface area (Å²) < 4.78 is 1.70. The first-order valence-electron chi connectivity index (χ1n) is 8.75. The fourth-order valence-corrected chi connectivity index (χ4v) is 5.43. The summed E-state index contributed by atoms with van der Waals surface area (Å²) in [5.41, 5.74) is 0.897. The molecule has 3 atom stereocenters. The Labute approximate surface area is 147 Å². The maximum Gasteiger partial charge on any atom is 0.257 e. The van der Waals surface area contributed by atoms with Crippen LogP contribution < -0.4 is 10.9 Å². The van der Waals surface area contributed by atoms with E-state index in [-0.39, 0.29) is 29.0 Å². The number of thioether (sulfide) groups is 1. The molecule has 1 aliphatic carbocycles. The molecule has 0 saturated heterocycles. The molecule has 132 valence electrons. The van der Waals surface area contributed by atoms with Crippen molar-refractivity contribution in [3.8, 4) is 0 Å². The van der Waals surface area contributed by atoms with Crippen molar-refractivity contribution in [2.75, 3.05) is 5.75 Å². The molecule has 5 nitrogen and oxygen atoms in total. The maximum atomic E-state index is 12.5. The molecule has 0 radical (unpaired) electrons. The van der Waals surface area contributed by atoms with E-state index in [4.69, 9.17) is 0 Å². The Hall–Kier alpha value is -1.30. The Morgan fingerprint density at radius 1 is 1.46 bits per heavy atom. The van der Waals surface area contributed by atoms with Crippen molar-refractivity contribution < 1.29 is 4.79 Å². The highest BCUT2D eigenvalue weighted by Gasteiger charge is 2.34. The molecule has 1 amide bonds. The van der Waals surface area contributed by atoms with Crippen molar-refractivity contribution in [2.45, 2.75) is 70.6 Å². The fraction of sp³-hybridized carbons (Fsp3) is 0.722. The fourth-order valence-electron chi connectivity index (χ4n) is 4.33. The number of rotatable bonds is 3. The summed E-state index contributed by atoms with van der Waals surface area (Å²) in [5, 5.41) is 3.94. The zero-order chi connectivity index (χ0) is 17.5. The van der Waals surface area contributed by atoms with Gasteiger partial charge in [0.1, 0.15) is 0 Å². The molecular weight excluding hydrogens is 322 g/mol. The van der Waals surface area contributed by atoms with Crippen molar-refractivity contribution in [1.82, 2.24) is 14.9 Å². The third-order valence-corrected chi connectivity index (χ3v) is 6.19. The highest BCUT2D eigenvalue weighted by Crippen LogP contribution is 2.38. The second-order valence-electron chi connectivity index (χ2n) is 8.25. The van der Waals surface area contributed by atoms with E-state index in [0.717, 1.165) is 23.8 Å². The molecule has 1 aliphatic heterocycles. The molecule has 1 saturated carbocycles. The topological polar surface area (TPSA) is 64.0 Å². The van der Waals surface area contributed by atoms with Crippen LogP contribution in [0.5, 0.6) is 0 Å². The molecule has 2 heterocycles. The van der Waals surface area contributed by atoms with Crippen LogP contribution in [0, 0.1) is 18.3 Å². The number of hydrogen-bond donors (Lipinski definition) is 1. The minimum absolute atomic E-state index is 0.0183. The largest absolute Gasteiger partial charge is 0.353 e. The van der Waals surface area contributed by atoms with Crippen LogP contribution in [0.4, 0.5) is 0 Å². The van der Waals surface area contributed by atoms with E-state index >= 15 is 0 Å². The van der Waals surface area contributed by atoms with E-state index in [1.165, 1.54) is 6.42 Å². The van der Waals surface area contributed by atoms with Gasteiger partial charge in [0.25, 0.3) is 5.56 Å². The predicted octanol–water partition coefficient (Wildman–Crippen LogP) is 2.92. The first kappa shape index (κ1) is 17.5. The van der Waals surface area contributed by atoms with Gasteiger partial charge in [0, 0.05) is 30.0 Å². The average molecular weight is 350 g/mol. The standard InChI is InChI=1S/C18H27N3O2S/c1-11-5-13(8-18(3,4)7-11)20-15(22)6-14-10-24-17-19-9-12(2)16(23)21(14)17/h9,11,13-14H,5-8,10H2,1-4H3,(H,20,22). The zero-order valence-corrected chi connectivity index (χ0v) is 15.8. The lowest BCUT2D eigenvalue weighted by molar-refractivity contribution is -0.123. The van der Waals surface area contributed by atoms with Crippen LogP contribution in [0.1, 0.15) is 58.1 Å². The van der Waals surface area contributed by atoms with E-state index in [2.05, 4.69) is 31.1 Å². The minimum atomic E-state index is -0.0843. The van der Waals surface area contributed by atoms with Gasteiger partial charge in [0.15, 0.2) is 5.16 Å². The van der Waals surface area contributed by atoms with Crippen LogP contribution in [-0.4, -0.2) is 27.3 Å². The predicted molar refractivity (Wildman–Crippen MR) is 96.3 cm³/mol. The van der Waals surface area contributed by atoms with Crippen LogP contribution in [0.15, 0.2) is 16.1 Å². The summed E-state index contributed by atoms with van der Waals surface area (Å²) in [6, 6.07) is 0.163. The van der Waals surface area contributed by atoms with Crippen molar-refractivity contribution >= 4 is 17.7 Å². The lowest BCUT2D eigenvalue weighted by atomic mass is 9.70. The van der Waals surface area contributed by atoms with E-state index in [9.17, 15) is 9.59 Å². The summed E-state index contributed by atoms with van der Waals surface area (Å²) in [5.74, 6) is 1.43. The number of aryl methyl sites for hydroxylation is 1. The summed E-state index contributed by atoms with van der Waals surface area (Å²) >= 11 is 1.56. The van der Waals surface area contributed by atoms with Crippen molar-refractivity contribution in [3.05, 3.63) is 22.1 Å². The van der Waals surface area contributed by atoms with Crippen molar-refractivity contribution in [2.24, 2.45) is 11.3 Å². The van der Waals surface area contributed by atoms with Gasteiger partial charge in [-0.2, -0.15) is 0 Å². The molecule has 1 aromatic rings. The van der Waals surface area contributed by atoms with Crippen LogP contribution >= 0.6 is 11.8 Å². The number of hydrogen-bond acceptors (Lipinski definition) is 4. The molecule has 1 aromatic heterocycles. The molecule has 0 spiro atoms. The Morgan fingerprint density at radius 3 is 2.92 bits per heavy atom. The lowest BCUT2D eigenvalue weighted by Crippen LogP contribution is -2.43. The SMILES string of the molecule is Cc1cnc2n(c1=O)C(CC(=O)NC1CC(C)CC(C)(C)C1)CS2.